The summed E-state index contributed by atoms with van der Waals surface area (Å²) in [5.41, 5.74) is 4.06. The molecule has 5 rings (SSSR count). The molecule has 0 radical (unpaired) electrons. The normalized spacial score (nSPS) is 20.3. The van der Waals surface area contributed by atoms with Gasteiger partial charge in [0, 0.05) is 28.6 Å². The fourth-order valence-corrected chi connectivity index (χ4v) is 5.55. The molecule has 2 aromatic carbocycles. The van der Waals surface area contributed by atoms with Crippen molar-refractivity contribution in [2.24, 2.45) is 5.92 Å². The molecule has 0 bridgehead atoms. The third kappa shape index (κ3) is 4.10. The Bertz CT molecular complexity index is 1440. The van der Waals surface area contributed by atoms with E-state index in [0.717, 1.165) is 27.7 Å². The number of rotatable bonds is 7. The lowest BCUT2D eigenvalue weighted by atomic mass is 9.89. The highest BCUT2D eigenvalue weighted by atomic mass is 16.4. The van der Waals surface area contributed by atoms with Crippen molar-refractivity contribution in [1.29, 1.82) is 0 Å². The number of fused-ring (bicyclic) bond motifs is 7. The predicted octanol–water partition coefficient (Wildman–Crippen LogP) is 1.73. The molecule has 3 amide bonds. The lowest BCUT2D eigenvalue weighted by molar-refractivity contribution is -0.145. The molecule has 0 aliphatic carbocycles. The van der Waals surface area contributed by atoms with Gasteiger partial charge in [0.15, 0.2) is 6.04 Å². The van der Waals surface area contributed by atoms with Crippen LogP contribution in [0.3, 0.4) is 0 Å². The van der Waals surface area contributed by atoms with Crippen molar-refractivity contribution >= 4 is 34.6 Å². The van der Waals surface area contributed by atoms with E-state index in [4.69, 9.17) is 0 Å². The van der Waals surface area contributed by atoms with E-state index in [1.54, 1.807) is 30.9 Å². The number of carbonyl (C=O) groups is 4. The van der Waals surface area contributed by atoms with Crippen molar-refractivity contribution in [3.8, 4) is 0 Å². The molecule has 3 heterocycles. The van der Waals surface area contributed by atoms with Gasteiger partial charge < -0.3 is 30.7 Å². The van der Waals surface area contributed by atoms with Crippen LogP contribution in [0.2, 0.25) is 0 Å². The van der Waals surface area contributed by atoms with Gasteiger partial charge in [-0.25, -0.2) is 4.79 Å². The molecule has 10 nitrogen and oxygen atoms in total. The van der Waals surface area contributed by atoms with Crippen LogP contribution in [0.15, 0.2) is 48.5 Å². The fraction of sp³-hybridized carbons (Fsp3) is 0.357. The predicted molar refractivity (Wildman–Crippen MR) is 138 cm³/mol. The van der Waals surface area contributed by atoms with E-state index in [-0.39, 0.29) is 12.3 Å². The first-order valence-corrected chi connectivity index (χ1v) is 12.6. The Kier molecular flexibility index (Phi) is 6.44. The molecule has 0 unspecified atom stereocenters. The number of aliphatic hydroxyl groups is 1. The topological polar surface area (TPSA) is 152 Å². The number of benzene rings is 2. The highest BCUT2D eigenvalue weighted by Crippen LogP contribution is 2.46. The van der Waals surface area contributed by atoms with E-state index in [1.165, 1.54) is 6.92 Å². The summed E-state index contributed by atoms with van der Waals surface area (Å²) < 4.78 is 0. The van der Waals surface area contributed by atoms with Gasteiger partial charge in [-0.3, -0.25) is 14.4 Å². The van der Waals surface area contributed by atoms with Crippen LogP contribution in [-0.2, 0) is 20.8 Å². The number of carboxylic acids is 1. The van der Waals surface area contributed by atoms with Gasteiger partial charge in [0.25, 0.3) is 5.91 Å². The second kappa shape index (κ2) is 9.60. The van der Waals surface area contributed by atoms with Crippen LogP contribution in [0.1, 0.15) is 54.0 Å². The van der Waals surface area contributed by atoms with Gasteiger partial charge >= 0.3 is 5.97 Å². The fourth-order valence-electron chi connectivity index (χ4n) is 5.55. The number of aromatic amines is 1. The molecular formula is C28H30N4O6. The van der Waals surface area contributed by atoms with E-state index in [1.807, 2.05) is 36.4 Å². The van der Waals surface area contributed by atoms with Crippen LogP contribution in [0.5, 0.6) is 0 Å². The highest BCUT2D eigenvalue weighted by Gasteiger charge is 2.49. The minimum absolute atomic E-state index is 0.249. The van der Waals surface area contributed by atoms with Gasteiger partial charge in [-0.2, -0.15) is 0 Å². The molecule has 198 valence electrons. The molecule has 2 aliphatic heterocycles. The Morgan fingerprint density at radius 2 is 1.68 bits per heavy atom. The standard InChI is InChI=1S/C28H30N4O6/c1-13(2)21(26(35)31-22(14(3)33)28(37)38)30-25(34)20-12-18-15-8-6-7-11-19(15)29-23(18)24-16-9-4-5-10-17(16)27(36)32(20)24/h4-11,13-14,20-22,24,29,33H,12H2,1-3H3,(H,30,34)(H,31,35)(H,37,38)/t14-,20-,21-,22-,24-/m0/s1. The lowest BCUT2D eigenvalue weighted by Crippen LogP contribution is -2.60. The van der Waals surface area contributed by atoms with Gasteiger partial charge in [-0.15, -0.1) is 0 Å². The van der Waals surface area contributed by atoms with Crippen LogP contribution in [0.4, 0.5) is 0 Å². The number of hydrogen-bond acceptors (Lipinski definition) is 5. The zero-order chi connectivity index (χ0) is 27.3. The lowest BCUT2D eigenvalue weighted by Gasteiger charge is -2.38. The average molecular weight is 519 g/mol. The molecule has 10 heteroatoms. The number of aliphatic carboxylic acids is 1. The number of nitrogens with zero attached hydrogens (tertiary/aromatic N) is 1. The first-order chi connectivity index (χ1) is 18.1. The maximum Gasteiger partial charge on any atom is 0.328 e. The molecule has 5 atom stereocenters. The van der Waals surface area contributed by atoms with Crippen molar-refractivity contribution in [3.63, 3.8) is 0 Å². The van der Waals surface area contributed by atoms with Crippen molar-refractivity contribution in [2.75, 3.05) is 0 Å². The summed E-state index contributed by atoms with van der Waals surface area (Å²) in [6.45, 7) is 4.71. The maximum absolute atomic E-state index is 13.8. The Morgan fingerprint density at radius 1 is 1.00 bits per heavy atom. The number of carbonyl (C=O) groups excluding carboxylic acids is 3. The molecule has 5 N–H and O–H groups in total. The van der Waals surface area contributed by atoms with Crippen LogP contribution in [-0.4, -0.2) is 68.0 Å². The zero-order valence-electron chi connectivity index (χ0n) is 21.3. The molecular weight excluding hydrogens is 488 g/mol. The van der Waals surface area contributed by atoms with E-state index >= 15 is 0 Å². The number of aliphatic hydroxyl groups excluding tert-OH is 1. The highest BCUT2D eigenvalue weighted by molar-refractivity contribution is 6.04. The Morgan fingerprint density at radius 3 is 2.37 bits per heavy atom. The molecule has 0 fully saturated rings. The number of para-hydroxylation sites is 1. The van der Waals surface area contributed by atoms with Crippen molar-refractivity contribution < 1.29 is 29.4 Å². The summed E-state index contributed by atoms with van der Waals surface area (Å²) in [4.78, 5) is 57.0. The molecule has 38 heavy (non-hydrogen) atoms. The molecule has 3 aromatic rings. The Balaban J connectivity index is 1.50. The maximum atomic E-state index is 13.8. The van der Waals surface area contributed by atoms with E-state index in [2.05, 4.69) is 15.6 Å². The van der Waals surface area contributed by atoms with Gasteiger partial charge in [0.05, 0.1) is 12.1 Å². The second-order valence-electron chi connectivity index (χ2n) is 10.3. The third-order valence-corrected chi connectivity index (χ3v) is 7.45. The Hall–Kier alpha value is -4.18. The van der Waals surface area contributed by atoms with Crippen LogP contribution in [0, 0.1) is 5.92 Å². The van der Waals surface area contributed by atoms with Gasteiger partial charge in [-0.05, 0) is 36.1 Å². The van der Waals surface area contributed by atoms with Gasteiger partial charge in [-0.1, -0.05) is 50.2 Å². The van der Waals surface area contributed by atoms with E-state index < -0.39 is 54.0 Å². The second-order valence-corrected chi connectivity index (χ2v) is 10.3. The quantitative estimate of drug-likeness (QED) is 0.321. The zero-order valence-corrected chi connectivity index (χ0v) is 21.3. The number of hydrogen-bond donors (Lipinski definition) is 5. The van der Waals surface area contributed by atoms with Crippen LogP contribution < -0.4 is 10.6 Å². The van der Waals surface area contributed by atoms with Crippen LogP contribution >= 0.6 is 0 Å². The van der Waals surface area contributed by atoms with Crippen molar-refractivity contribution in [2.45, 2.75) is 57.5 Å². The van der Waals surface area contributed by atoms with Crippen LogP contribution in [0.25, 0.3) is 10.9 Å². The Labute approximate surface area is 219 Å². The summed E-state index contributed by atoms with van der Waals surface area (Å²) in [6, 6.07) is 11.1. The monoisotopic (exact) mass is 518 g/mol. The van der Waals surface area contributed by atoms with Gasteiger partial charge in [0.1, 0.15) is 12.1 Å². The molecule has 0 saturated carbocycles. The largest absolute Gasteiger partial charge is 0.480 e. The number of H-pyrrole nitrogens is 1. The first-order valence-electron chi connectivity index (χ1n) is 12.6. The van der Waals surface area contributed by atoms with E-state index in [0.29, 0.717) is 5.56 Å². The summed E-state index contributed by atoms with van der Waals surface area (Å²) in [5.74, 6) is -3.27. The minimum atomic E-state index is -1.52. The van der Waals surface area contributed by atoms with Crippen molar-refractivity contribution in [3.05, 3.63) is 70.9 Å². The van der Waals surface area contributed by atoms with Crippen molar-refractivity contribution in [1.82, 2.24) is 20.5 Å². The summed E-state index contributed by atoms with van der Waals surface area (Å²) >= 11 is 0. The first kappa shape index (κ1) is 25.5. The van der Waals surface area contributed by atoms with E-state index in [9.17, 15) is 29.4 Å². The molecule has 0 spiro atoms. The summed E-state index contributed by atoms with van der Waals surface area (Å²) in [7, 11) is 0. The number of nitrogens with one attached hydrogen (secondary N) is 3. The number of amides is 3. The average Bonchev–Trinajstić information content (AvgIpc) is 3.40. The summed E-state index contributed by atoms with van der Waals surface area (Å²) in [5, 5.41) is 25.2. The summed E-state index contributed by atoms with van der Waals surface area (Å²) in [6.07, 6.45) is -1.08. The number of aromatic nitrogens is 1. The van der Waals surface area contributed by atoms with Gasteiger partial charge in [0.2, 0.25) is 11.8 Å². The third-order valence-electron chi connectivity index (χ3n) is 7.45. The molecule has 2 aliphatic rings. The minimum Gasteiger partial charge on any atom is -0.480 e. The molecule has 1 aromatic heterocycles. The smallest absolute Gasteiger partial charge is 0.328 e. The number of carboxylic acid groups (broad SMARTS) is 1. The SMILES string of the molecule is CC(C)[C@H](NC(=O)[C@@H]1Cc2c([nH]c3ccccc23)[C@@H]2c3ccccc3C(=O)N21)C(=O)N[C@H](C(=O)O)[C@H](C)O. The molecule has 0 saturated heterocycles.